The summed E-state index contributed by atoms with van der Waals surface area (Å²) in [6.07, 6.45) is 8.49. The van der Waals surface area contributed by atoms with Gasteiger partial charge in [-0.3, -0.25) is 0 Å². The summed E-state index contributed by atoms with van der Waals surface area (Å²) in [5, 5.41) is 14.4. The molecule has 3 N–H and O–H groups in total. The molecule has 0 heterocycles. The molecule has 0 saturated heterocycles. The SMILES string of the molecule is CCC(CO)NC(=O)NC=C1CCCCC1. The molecule has 1 aliphatic carbocycles. The Labute approximate surface area is 97.1 Å². The van der Waals surface area contributed by atoms with Gasteiger partial charge in [-0.1, -0.05) is 18.9 Å². The van der Waals surface area contributed by atoms with Gasteiger partial charge in [0.1, 0.15) is 0 Å². The summed E-state index contributed by atoms with van der Waals surface area (Å²) in [5.41, 5.74) is 1.32. The summed E-state index contributed by atoms with van der Waals surface area (Å²) in [6, 6.07) is -0.372. The number of rotatable bonds is 4. The van der Waals surface area contributed by atoms with Crippen LogP contribution < -0.4 is 10.6 Å². The Morgan fingerprint density at radius 1 is 1.44 bits per heavy atom. The number of carbonyl (C=O) groups excluding carboxylic acids is 1. The van der Waals surface area contributed by atoms with Gasteiger partial charge in [-0.25, -0.2) is 4.79 Å². The van der Waals surface area contributed by atoms with Gasteiger partial charge in [0.05, 0.1) is 12.6 Å². The number of aliphatic hydroxyl groups is 1. The highest BCUT2D eigenvalue weighted by Gasteiger charge is 2.08. The van der Waals surface area contributed by atoms with Crippen molar-refractivity contribution >= 4 is 6.03 Å². The normalized spacial score (nSPS) is 17.8. The van der Waals surface area contributed by atoms with Crippen molar-refractivity contribution in [3.63, 3.8) is 0 Å². The number of aliphatic hydroxyl groups excluding tert-OH is 1. The highest BCUT2D eigenvalue weighted by atomic mass is 16.3. The van der Waals surface area contributed by atoms with Crippen molar-refractivity contribution in [2.45, 2.75) is 51.5 Å². The zero-order valence-electron chi connectivity index (χ0n) is 9.96. The van der Waals surface area contributed by atoms with E-state index in [1.807, 2.05) is 13.1 Å². The van der Waals surface area contributed by atoms with Gasteiger partial charge in [0.2, 0.25) is 0 Å². The lowest BCUT2D eigenvalue weighted by Gasteiger charge is -2.16. The van der Waals surface area contributed by atoms with E-state index < -0.39 is 0 Å². The van der Waals surface area contributed by atoms with Gasteiger partial charge in [-0.2, -0.15) is 0 Å². The molecule has 0 aliphatic heterocycles. The molecule has 4 nitrogen and oxygen atoms in total. The van der Waals surface area contributed by atoms with Crippen molar-refractivity contribution in [3.8, 4) is 0 Å². The maximum absolute atomic E-state index is 11.4. The molecule has 16 heavy (non-hydrogen) atoms. The molecule has 0 spiro atoms. The number of urea groups is 1. The molecular formula is C12H22N2O2. The zero-order chi connectivity index (χ0) is 11.8. The molecule has 0 aromatic heterocycles. The van der Waals surface area contributed by atoms with Crippen LogP contribution in [0.2, 0.25) is 0 Å². The minimum atomic E-state index is -0.223. The third kappa shape index (κ3) is 4.66. The average Bonchev–Trinajstić information content (AvgIpc) is 2.34. The highest BCUT2D eigenvalue weighted by molar-refractivity contribution is 5.75. The second-order valence-electron chi connectivity index (χ2n) is 4.27. The molecule has 1 fully saturated rings. The van der Waals surface area contributed by atoms with Crippen molar-refractivity contribution in [2.75, 3.05) is 6.61 Å². The van der Waals surface area contributed by atoms with Gasteiger partial charge < -0.3 is 15.7 Å². The molecule has 92 valence electrons. The second kappa shape index (κ2) is 7.28. The third-order valence-corrected chi connectivity index (χ3v) is 2.95. The lowest BCUT2D eigenvalue weighted by Crippen LogP contribution is -2.41. The Kier molecular flexibility index (Phi) is 5.93. The topological polar surface area (TPSA) is 61.4 Å². The first-order chi connectivity index (χ1) is 7.76. The van der Waals surface area contributed by atoms with E-state index in [0.717, 1.165) is 19.3 Å². The van der Waals surface area contributed by atoms with Gasteiger partial charge in [0, 0.05) is 6.20 Å². The molecule has 2 amide bonds. The van der Waals surface area contributed by atoms with Crippen LogP contribution in [0, 0.1) is 0 Å². The number of nitrogens with one attached hydrogen (secondary N) is 2. The Morgan fingerprint density at radius 2 is 2.12 bits per heavy atom. The molecular weight excluding hydrogens is 204 g/mol. The number of hydrogen-bond donors (Lipinski definition) is 3. The minimum Gasteiger partial charge on any atom is -0.394 e. The highest BCUT2D eigenvalue weighted by Crippen LogP contribution is 2.21. The Balaban J connectivity index is 2.27. The fourth-order valence-corrected chi connectivity index (χ4v) is 1.82. The van der Waals surface area contributed by atoms with E-state index in [1.54, 1.807) is 0 Å². The monoisotopic (exact) mass is 226 g/mol. The molecule has 1 unspecified atom stereocenters. The number of carbonyl (C=O) groups is 1. The number of hydrogen-bond acceptors (Lipinski definition) is 2. The number of amides is 2. The van der Waals surface area contributed by atoms with Crippen molar-refractivity contribution in [2.24, 2.45) is 0 Å². The van der Waals surface area contributed by atoms with Crippen molar-refractivity contribution in [1.29, 1.82) is 0 Å². The van der Waals surface area contributed by atoms with E-state index in [2.05, 4.69) is 10.6 Å². The quantitative estimate of drug-likeness (QED) is 0.685. The van der Waals surface area contributed by atoms with Crippen LogP contribution in [0.25, 0.3) is 0 Å². The zero-order valence-corrected chi connectivity index (χ0v) is 9.96. The fourth-order valence-electron chi connectivity index (χ4n) is 1.82. The summed E-state index contributed by atoms with van der Waals surface area (Å²) in [5.74, 6) is 0. The Morgan fingerprint density at radius 3 is 2.69 bits per heavy atom. The van der Waals surface area contributed by atoms with Crippen molar-refractivity contribution in [1.82, 2.24) is 10.6 Å². The lowest BCUT2D eigenvalue weighted by molar-refractivity contribution is 0.217. The maximum atomic E-state index is 11.4. The van der Waals surface area contributed by atoms with Crippen LogP contribution in [0.1, 0.15) is 45.4 Å². The number of allylic oxidation sites excluding steroid dienone is 1. The van der Waals surface area contributed by atoms with Crippen LogP contribution in [0.5, 0.6) is 0 Å². The predicted octanol–water partition coefficient (Wildman–Crippen LogP) is 1.90. The maximum Gasteiger partial charge on any atom is 0.319 e. The third-order valence-electron chi connectivity index (χ3n) is 2.95. The predicted molar refractivity (Wildman–Crippen MR) is 64.0 cm³/mol. The van der Waals surface area contributed by atoms with Gasteiger partial charge in [0.25, 0.3) is 0 Å². The van der Waals surface area contributed by atoms with E-state index in [1.165, 1.54) is 24.8 Å². The van der Waals surface area contributed by atoms with Crippen molar-refractivity contribution in [3.05, 3.63) is 11.8 Å². The molecule has 1 saturated carbocycles. The molecule has 0 aromatic carbocycles. The second-order valence-corrected chi connectivity index (χ2v) is 4.27. The Hall–Kier alpha value is -1.03. The van der Waals surface area contributed by atoms with Gasteiger partial charge in [-0.05, 0) is 32.1 Å². The first-order valence-corrected chi connectivity index (χ1v) is 6.12. The van der Waals surface area contributed by atoms with Crippen LogP contribution in [0.3, 0.4) is 0 Å². The smallest absolute Gasteiger partial charge is 0.319 e. The molecule has 4 heteroatoms. The molecule has 1 aliphatic rings. The van der Waals surface area contributed by atoms with E-state index >= 15 is 0 Å². The Bertz CT molecular complexity index is 239. The standard InChI is InChI=1S/C12H22N2O2/c1-2-11(9-15)14-12(16)13-8-10-6-4-3-5-7-10/h8,11,15H,2-7,9H2,1H3,(H2,13,14,16). The van der Waals surface area contributed by atoms with Crippen LogP contribution in [0.15, 0.2) is 11.8 Å². The summed E-state index contributed by atoms with van der Waals surface area (Å²) >= 11 is 0. The summed E-state index contributed by atoms with van der Waals surface area (Å²) < 4.78 is 0. The summed E-state index contributed by atoms with van der Waals surface area (Å²) in [6.45, 7) is 1.92. The molecule has 0 radical (unpaired) electrons. The van der Waals surface area contributed by atoms with E-state index in [9.17, 15) is 4.79 Å². The largest absolute Gasteiger partial charge is 0.394 e. The summed E-state index contributed by atoms with van der Waals surface area (Å²) in [7, 11) is 0. The van der Waals surface area contributed by atoms with Crippen molar-refractivity contribution < 1.29 is 9.90 Å². The van der Waals surface area contributed by atoms with Crippen LogP contribution >= 0.6 is 0 Å². The van der Waals surface area contributed by atoms with E-state index in [0.29, 0.717) is 0 Å². The van der Waals surface area contributed by atoms with Gasteiger partial charge in [-0.15, -0.1) is 0 Å². The van der Waals surface area contributed by atoms with Crippen LogP contribution in [0.4, 0.5) is 4.79 Å². The molecule has 0 aromatic rings. The molecule has 1 rings (SSSR count). The van der Waals surface area contributed by atoms with E-state index in [-0.39, 0.29) is 18.7 Å². The van der Waals surface area contributed by atoms with Crippen LogP contribution in [-0.2, 0) is 0 Å². The minimum absolute atomic E-state index is 0.0134. The van der Waals surface area contributed by atoms with E-state index in [4.69, 9.17) is 5.11 Å². The average molecular weight is 226 g/mol. The van der Waals surface area contributed by atoms with Gasteiger partial charge >= 0.3 is 6.03 Å². The fraction of sp³-hybridized carbons (Fsp3) is 0.750. The van der Waals surface area contributed by atoms with Crippen LogP contribution in [-0.4, -0.2) is 23.8 Å². The van der Waals surface area contributed by atoms with Gasteiger partial charge in [0.15, 0.2) is 0 Å². The summed E-state index contributed by atoms with van der Waals surface area (Å²) in [4.78, 5) is 11.4. The molecule has 0 bridgehead atoms. The first kappa shape index (κ1) is 13.0. The first-order valence-electron chi connectivity index (χ1n) is 6.12. The molecule has 1 atom stereocenters. The lowest BCUT2D eigenvalue weighted by atomic mass is 9.96.